The van der Waals surface area contributed by atoms with Gasteiger partial charge in [-0.3, -0.25) is 4.99 Å². The molecule has 0 aliphatic heterocycles. The Hall–Kier alpha value is -0.760. The van der Waals surface area contributed by atoms with E-state index in [0.29, 0.717) is 0 Å². The molecule has 0 atom stereocenters. The third kappa shape index (κ3) is 4.13. The Kier molecular flexibility index (Phi) is 7.41. The van der Waals surface area contributed by atoms with Gasteiger partial charge in [0.25, 0.3) is 0 Å². The number of hydrogen-bond acceptors (Lipinski definition) is 2. The molecule has 0 saturated heterocycles. The minimum atomic E-state index is 0.986. The molecule has 0 aromatic heterocycles. The highest BCUT2D eigenvalue weighted by Crippen LogP contribution is 2.28. The van der Waals surface area contributed by atoms with Crippen molar-refractivity contribution in [2.75, 3.05) is 5.75 Å². The largest absolute Gasteiger partial charge is 0.263 e. The van der Waals surface area contributed by atoms with E-state index in [-0.39, 0.29) is 0 Å². The van der Waals surface area contributed by atoms with Crippen molar-refractivity contribution in [1.29, 1.82) is 0 Å². The number of nitrogens with zero attached hydrogens (tertiary/aromatic N) is 1. The van der Waals surface area contributed by atoms with Gasteiger partial charge in [-0.1, -0.05) is 32.9 Å². The van der Waals surface area contributed by atoms with Gasteiger partial charge in [-0.05, 0) is 24.6 Å². The maximum atomic E-state index is 3.92. The number of thioether (sulfide) groups is 1. The molecule has 0 aliphatic rings. The number of benzene rings is 1. The van der Waals surface area contributed by atoms with Crippen molar-refractivity contribution in [1.82, 2.24) is 0 Å². The van der Waals surface area contributed by atoms with Crippen LogP contribution >= 0.6 is 11.8 Å². The highest BCUT2D eigenvalue weighted by atomic mass is 32.2. The summed E-state index contributed by atoms with van der Waals surface area (Å²) in [4.78, 5) is 5.13. The summed E-state index contributed by atoms with van der Waals surface area (Å²) in [6, 6.07) is 8.04. The summed E-state index contributed by atoms with van der Waals surface area (Å²) in [5, 5.41) is 0. The molecule has 1 rings (SSSR count). The van der Waals surface area contributed by atoms with Crippen LogP contribution in [0.1, 0.15) is 20.8 Å². The van der Waals surface area contributed by atoms with E-state index >= 15 is 0 Å². The molecule has 72 valence electrons. The van der Waals surface area contributed by atoms with Crippen molar-refractivity contribution in [2.24, 2.45) is 4.99 Å². The van der Waals surface area contributed by atoms with E-state index in [0.717, 1.165) is 11.4 Å². The second kappa shape index (κ2) is 7.87. The molecular weight excluding hydrogens is 178 g/mol. The lowest BCUT2D eigenvalue weighted by atomic mass is 10.3. The smallest absolute Gasteiger partial charge is 0.0758 e. The minimum Gasteiger partial charge on any atom is -0.263 e. The first-order valence-electron chi connectivity index (χ1n) is 4.57. The Balaban J connectivity index is 0.000000671. The van der Waals surface area contributed by atoms with E-state index < -0.39 is 0 Å². The Morgan fingerprint density at radius 2 is 1.92 bits per heavy atom. The fraction of sp³-hybridized carbons (Fsp3) is 0.364. The molecule has 0 amide bonds. The molecule has 1 aromatic carbocycles. The normalized spacial score (nSPS) is 8.54. The molecule has 2 heteroatoms. The highest BCUT2D eigenvalue weighted by molar-refractivity contribution is 7.99. The third-order valence-corrected chi connectivity index (χ3v) is 2.28. The molecule has 0 saturated carbocycles. The van der Waals surface area contributed by atoms with Crippen molar-refractivity contribution in [3.63, 3.8) is 0 Å². The quantitative estimate of drug-likeness (QED) is 0.521. The lowest BCUT2D eigenvalue weighted by molar-refractivity contribution is 1.37. The Morgan fingerprint density at radius 1 is 1.31 bits per heavy atom. The third-order valence-electron chi connectivity index (χ3n) is 1.34. The van der Waals surface area contributed by atoms with Crippen LogP contribution in [0.5, 0.6) is 0 Å². The van der Waals surface area contributed by atoms with Crippen LogP contribution in [0.2, 0.25) is 0 Å². The van der Waals surface area contributed by atoms with Gasteiger partial charge in [0.15, 0.2) is 0 Å². The van der Waals surface area contributed by atoms with Gasteiger partial charge in [-0.2, -0.15) is 0 Å². The van der Waals surface area contributed by atoms with Crippen molar-refractivity contribution >= 4 is 24.2 Å². The minimum absolute atomic E-state index is 0.986. The molecule has 0 spiro atoms. The van der Waals surface area contributed by atoms with Gasteiger partial charge in [0, 0.05) is 4.90 Å². The van der Waals surface area contributed by atoms with Gasteiger partial charge in [0.05, 0.1) is 5.69 Å². The zero-order chi connectivity index (χ0) is 10.1. The molecule has 1 aromatic rings. The van der Waals surface area contributed by atoms with Crippen LogP contribution in [-0.2, 0) is 0 Å². The van der Waals surface area contributed by atoms with Gasteiger partial charge in [0.1, 0.15) is 0 Å². The van der Waals surface area contributed by atoms with E-state index in [1.165, 1.54) is 4.90 Å². The molecule has 0 aliphatic carbocycles. The first kappa shape index (κ1) is 12.2. The zero-order valence-corrected chi connectivity index (χ0v) is 9.40. The highest BCUT2D eigenvalue weighted by Gasteiger charge is 1.96. The summed E-state index contributed by atoms with van der Waals surface area (Å²) in [5.41, 5.74) is 0.986. The monoisotopic (exact) mass is 195 g/mol. The molecule has 0 unspecified atom stereocenters. The maximum Gasteiger partial charge on any atom is 0.0758 e. The number of hydrogen-bond donors (Lipinski definition) is 0. The van der Waals surface area contributed by atoms with E-state index in [1.54, 1.807) is 11.8 Å². The molecule has 0 N–H and O–H groups in total. The number of para-hydroxylation sites is 1. The van der Waals surface area contributed by atoms with E-state index in [2.05, 4.69) is 24.7 Å². The number of rotatable bonds is 3. The van der Waals surface area contributed by atoms with Crippen LogP contribution in [0.3, 0.4) is 0 Å². The Labute approximate surface area is 85.3 Å². The lowest BCUT2D eigenvalue weighted by Crippen LogP contribution is -1.72. The van der Waals surface area contributed by atoms with E-state index in [1.807, 2.05) is 32.0 Å². The SMILES string of the molecule is C=Nc1ccccc1SCC.CC. The van der Waals surface area contributed by atoms with Gasteiger partial charge < -0.3 is 0 Å². The van der Waals surface area contributed by atoms with Crippen LogP contribution in [0.15, 0.2) is 34.2 Å². The second-order valence-electron chi connectivity index (χ2n) is 2.06. The van der Waals surface area contributed by atoms with Crippen molar-refractivity contribution in [3.8, 4) is 0 Å². The van der Waals surface area contributed by atoms with Crippen molar-refractivity contribution < 1.29 is 0 Å². The van der Waals surface area contributed by atoms with Crippen LogP contribution in [0.25, 0.3) is 0 Å². The molecule has 0 heterocycles. The average molecular weight is 195 g/mol. The lowest BCUT2D eigenvalue weighted by Gasteiger charge is -2.00. The topological polar surface area (TPSA) is 12.4 Å². The van der Waals surface area contributed by atoms with E-state index in [4.69, 9.17) is 0 Å². The van der Waals surface area contributed by atoms with Crippen LogP contribution < -0.4 is 0 Å². The number of aliphatic imine (C=N–C) groups is 1. The Bertz CT molecular complexity index is 246. The fourth-order valence-corrected chi connectivity index (χ4v) is 1.63. The van der Waals surface area contributed by atoms with Crippen LogP contribution in [0, 0.1) is 0 Å². The van der Waals surface area contributed by atoms with Gasteiger partial charge in [-0.25, -0.2) is 0 Å². The van der Waals surface area contributed by atoms with Crippen molar-refractivity contribution in [2.45, 2.75) is 25.7 Å². The molecule has 13 heavy (non-hydrogen) atoms. The second-order valence-corrected chi connectivity index (χ2v) is 3.36. The molecular formula is C11H17NS. The summed E-state index contributed by atoms with van der Waals surface area (Å²) in [6.45, 7) is 9.64. The average Bonchev–Trinajstić information content (AvgIpc) is 2.22. The van der Waals surface area contributed by atoms with Crippen molar-refractivity contribution in [3.05, 3.63) is 24.3 Å². The first-order valence-corrected chi connectivity index (χ1v) is 5.55. The zero-order valence-electron chi connectivity index (χ0n) is 8.58. The maximum absolute atomic E-state index is 3.92. The van der Waals surface area contributed by atoms with Crippen LogP contribution in [-0.4, -0.2) is 12.5 Å². The summed E-state index contributed by atoms with van der Waals surface area (Å²) in [6.07, 6.45) is 0. The van der Waals surface area contributed by atoms with Gasteiger partial charge >= 0.3 is 0 Å². The molecule has 0 bridgehead atoms. The predicted octanol–water partition coefficient (Wildman–Crippen LogP) is 4.16. The van der Waals surface area contributed by atoms with Gasteiger partial charge in [0.2, 0.25) is 0 Å². The summed E-state index contributed by atoms with van der Waals surface area (Å²) in [5.74, 6) is 1.08. The predicted molar refractivity (Wildman–Crippen MR) is 63.4 cm³/mol. The fourth-order valence-electron chi connectivity index (χ4n) is 0.865. The van der Waals surface area contributed by atoms with Gasteiger partial charge in [-0.15, -0.1) is 11.8 Å². The summed E-state index contributed by atoms with van der Waals surface area (Å²) < 4.78 is 0. The Morgan fingerprint density at radius 3 is 2.46 bits per heavy atom. The summed E-state index contributed by atoms with van der Waals surface area (Å²) >= 11 is 1.79. The molecule has 0 fully saturated rings. The van der Waals surface area contributed by atoms with Crippen LogP contribution in [0.4, 0.5) is 5.69 Å². The molecule has 0 radical (unpaired) electrons. The summed E-state index contributed by atoms with van der Waals surface area (Å²) in [7, 11) is 0. The van der Waals surface area contributed by atoms with E-state index in [9.17, 15) is 0 Å². The first-order chi connectivity index (χ1) is 6.38. The standard InChI is InChI=1S/C9H11NS.C2H6/c1-3-11-9-7-5-4-6-8(9)10-2;1-2/h4-7H,2-3H2,1H3;1-2H3. The molecule has 1 nitrogen and oxygen atoms in total.